The lowest BCUT2D eigenvalue weighted by molar-refractivity contribution is -0.150. The zero-order chi connectivity index (χ0) is 22.0. The van der Waals surface area contributed by atoms with Gasteiger partial charge in [0.1, 0.15) is 5.82 Å². The Bertz CT molecular complexity index is 958. The van der Waals surface area contributed by atoms with E-state index in [1.54, 1.807) is 12.1 Å². The maximum absolute atomic E-state index is 14.4. The molecule has 4 aliphatic rings. The minimum absolute atomic E-state index is 0.0149. The molecule has 1 N–H and O–H groups in total. The highest BCUT2D eigenvalue weighted by molar-refractivity contribution is 6.06. The molecule has 3 fully saturated rings. The van der Waals surface area contributed by atoms with Crippen molar-refractivity contribution in [3.8, 4) is 0 Å². The standard InChI is InChI=1S/C26H32FNO3/c1-25-13-11-17(29)15-16(25)7-8-18-20(25)12-14-26(2)21(18)9-10-23(30)28(26)24(31)19-5-3-4-6-22(19)27/h3-7,17-18,20-21,29H,8-15H2,1-2H3/t17-,18+,20-,21-,25-,26-/m0/s1. The van der Waals surface area contributed by atoms with Gasteiger partial charge in [-0.2, -0.15) is 0 Å². The number of carbonyl (C=O) groups is 2. The predicted molar refractivity (Wildman–Crippen MR) is 116 cm³/mol. The smallest absolute Gasteiger partial charge is 0.263 e. The van der Waals surface area contributed by atoms with E-state index >= 15 is 0 Å². The average molecular weight is 426 g/mol. The van der Waals surface area contributed by atoms with Gasteiger partial charge in [0.15, 0.2) is 0 Å². The number of rotatable bonds is 1. The van der Waals surface area contributed by atoms with Gasteiger partial charge in [-0.15, -0.1) is 0 Å². The highest BCUT2D eigenvalue weighted by Crippen LogP contribution is 2.61. The molecule has 4 nitrogen and oxygen atoms in total. The summed E-state index contributed by atoms with van der Waals surface area (Å²) in [6, 6.07) is 5.97. The van der Waals surface area contributed by atoms with Gasteiger partial charge in [-0.3, -0.25) is 14.5 Å². The van der Waals surface area contributed by atoms with Crippen molar-refractivity contribution in [2.75, 3.05) is 0 Å². The van der Waals surface area contributed by atoms with E-state index in [2.05, 4.69) is 19.9 Å². The Morgan fingerprint density at radius 1 is 1.13 bits per heavy atom. The number of hydrogen-bond donors (Lipinski definition) is 1. The molecule has 1 aromatic rings. The molecular formula is C26H32FNO3. The van der Waals surface area contributed by atoms with Gasteiger partial charge in [-0.25, -0.2) is 4.39 Å². The number of nitrogens with zero attached hydrogens (tertiary/aromatic N) is 1. The Hall–Kier alpha value is -2.01. The zero-order valence-electron chi connectivity index (χ0n) is 18.4. The van der Waals surface area contributed by atoms with Crippen LogP contribution in [0.15, 0.2) is 35.9 Å². The van der Waals surface area contributed by atoms with Crippen molar-refractivity contribution in [2.45, 2.75) is 76.9 Å². The molecule has 5 heteroatoms. The van der Waals surface area contributed by atoms with E-state index in [-0.39, 0.29) is 28.9 Å². The van der Waals surface area contributed by atoms with Gasteiger partial charge in [0.2, 0.25) is 5.91 Å². The molecule has 5 rings (SSSR count). The minimum Gasteiger partial charge on any atom is -0.393 e. The molecule has 2 amide bonds. The second-order valence-corrected chi connectivity index (χ2v) is 10.6. The minimum atomic E-state index is -0.578. The Morgan fingerprint density at radius 2 is 1.90 bits per heavy atom. The fourth-order valence-electron chi connectivity index (χ4n) is 7.52. The second-order valence-electron chi connectivity index (χ2n) is 10.6. The fourth-order valence-corrected chi connectivity index (χ4v) is 7.52. The topological polar surface area (TPSA) is 57.6 Å². The molecule has 0 radical (unpaired) electrons. The molecule has 3 aliphatic carbocycles. The van der Waals surface area contributed by atoms with Crippen LogP contribution in [0.3, 0.4) is 0 Å². The number of imide groups is 1. The van der Waals surface area contributed by atoms with Crippen molar-refractivity contribution in [2.24, 2.45) is 23.2 Å². The summed E-state index contributed by atoms with van der Waals surface area (Å²) in [6.07, 6.45) is 8.52. The number of amides is 2. The first kappa shape index (κ1) is 20.9. The fraction of sp³-hybridized carbons (Fsp3) is 0.615. The van der Waals surface area contributed by atoms with E-state index in [0.717, 1.165) is 44.9 Å². The number of aliphatic hydroxyl groups excluding tert-OH is 1. The molecule has 1 aliphatic heterocycles. The van der Waals surface area contributed by atoms with Crippen LogP contribution >= 0.6 is 0 Å². The Balaban J connectivity index is 1.50. The number of halogens is 1. The molecule has 1 heterocycles. The first-order valence-corrected chi connectivity index (χ1v) is 11.7. The van der Waals surface area contributed by atoms with Crippen LogP contribution in [0.25, 0.3) is 0 Å². The number of carbonyl (C=O) groups excluding carboxylic acids is 2. The lowest BCUT2D eigenvalue weighted by atomic mass is 9.48. The SMILES string of the molecule is C[C@]12CC[C@H](O)CC1=CC[C@@H]1[C@@H]2CC[C@@]2(C)[C@H]1CCC(=O)N2C(=O)c1ccccc1F. The maximum atomic E-state index is 14.4. The molecule has 31 heavy (non-hydrogen) atoms. The number of hydrogen-bond acceptors (Lipinski definition) is 3. The zero-order valence-corrected chi connectivity index (χ0v) is 18.4. The molecule has 0 bridgehead atoms. The molecular weight excluding hydrogens is 393 g/mol. The summed E-state index contributed by atoms with van der Waals surface area (Å²) in [6.45, 7) is 4.41. The van der Waals surface area contributed by atoms with Crippen molar-refractivity contribution in [1.82, 2.24) is 4.90 Å². The largest absolute Gasteiger partial charge is 0.393 e. The summed E-state index contributed by atoms with van der Waals surface area (Å²) < 4.78 is 14.4. The molecule has 1 saturated heterocycles. The second kappa shape index (κ2) is 7.26. The van der Waals surface area contributed by atoms with Gasteiger partial charge >= 0.3 is 0 Å². The predicted octanol–water partition coefficient (Wildman–Crippen LogP) is 4.87. The van der Waals surface area contributed by atoms with Crippen LogP contribution in [0.1, 0.15) is 75.6 Å². The quantitative estimate of drug-likeness (QED) is 0.516. The summed E-state index contributed by atoms with van der Waals surface area (Å²) in [5.41, 5.74) is 0.915. The number of likely N-dealkylation sites (tertiary alicyclic amines) is 1. The number of fused-ring (bicyclic) bond motifs is 5. The number of aliphatic hydroxyl groups is 1. The molecule has 0 unspecified atom stereocenters. The van der Waals surface area contributed by atoms with E-state index in [1.807, 2.05) is 0 Å². The maximum Gasteiger partial charge on any atom is 0.263 e. The van der Waals surface area contributed by atoms with Crippen LogP contribution in [0.4, 0.5) is 4.39 Å². The molecule has 6 atom stereocenters. The third-order valence-corrected chi connectivity index (χ3v) is 9.17. The van der Waals surface area contributed by atoms with Gasteiger partial charge in [-0.1, -0.05) is 30.7 Å². The number of benzene rings is 1. The average Bonchev–Trinajstić information content (AvgIpc) is 2.73. The number of allylic oxidation sites excluding steroid dienone is 1. The van der Waals surface area contributed by atoms with E-state index < -0.39 is 17.3 Å². The van der Waals surface area contributed by atoms with Crippen molar-refractivity contribution >= 4 is 11.8 Å². The van der Waals surface area contributed by atoms with Crippen LogP contribution in [-0.2, 0) is 4.79 Å². The molecule has 0 spiro atoms. The summed E-state index contributed by atoms with van der Waals surface area (Å²) in [5.74, 6) is -0.0971. The van der Waals surface area contributed by atoms with Crippen LogP contribution in [0, 0.1) is 29.0 Å². The molecule has 166 valence electrons. The molecule has 2 saturated carbocycles. The van der Waals surface area contributed by atoms with Crippen LogP contribution in [-0.4, -0.2) is 33.5 Å². The Morgan fingerprint density at radius 3 is 2.68 bits per heavy atom. The van der Waals surface area contributed by atoms with Crippen LogP contribution in [0.5, 0.6) is 0 Å². The molecule has 1 aromatic carbocycles. The number of piperidine rings is 1. The van der Waals surface area contributed by atoms with Gasteiger partial charge in [-0.05, 0) is 87.2 Å². The van der Waals surface area contributed by atoms with Crippen molar-refractivity contribution in [3.05, 3.63) is 47.3 Å². The molecule has 0 aromatic heterocycles. The van der Waals surface area contributed by atoms with Gasteiger partial charge in [0.25, 0.3) is 5.91 Å². The van der Waals surface area contributed by atoms with Gasteiger partial charge < -0.3 is 5.11 Å². The first-order chi connectivity index (χ1) is 14.8. The summed E-state index contributed by atoms with van der Waals surface area (Å²) in [5, 5.41) is 10.2. The summed E-state index contributed by atoms with van der Waals surface area (Å²) in [4.78, 5) is 27.8. The van der Waals surface area contributed by atoms with E-state index in [1.165, 1.54) is 22.6 Å². The van der Waals surface area contributed by atoms with Gasteiger partial charge in [0.05, 0.1) is 17.2 Å². The van der Waals surface area contributed by atoms with Crippen molar-refractivity contribution in [3.63, 3.8) is 0 Å². The van der Waals surface area contributed by atoms with Crippen molar-refractivity contribution < 1.29 is 19.1 Å². The van der Waals surface area contributed by atoms with E-state index in [4.69, 9.17) is 0 Å². The van der Waals surface area contributed by atoms with E-state index in [0.29, 0.717) is 18.3 Å². The van der Waals surface area contributed by atoms with Crippen LogP contribution in [0.2, 0.25) is 0 Å². The third kappa shape index (κ3) is 3.03. The van der Waals surface area contributed by atoms with Crippen molar-refractivity contribution in [1.29, 1.82) is 0 Å². The normalized spacial score (nSPS) is 39.8. The monoisotopic (exact) mass is 425 g/mol. The Labute approximate surface area is 183 Å². The third-order valence-electron chi connectivity index (χ3n) is 9.17. The lowest BCUT2D eigenvalue weighted by Crippen LogP contribution is -2.65. The first-order valence-electron chi connectivity index (χ1n) is 11.7. The summed E-state index contributed by atoms with van der Waals surface area (Å²) in [7, 11) is 0. The Kier molecular flexibility index (Phi) is 4.89. The van der Waals surface area contributed by atoms with E-state index in [9.17, 15) is 19.1 Å². The van der Waals surface area contributed by atoms with Crippen LogP contribution < -0.4 is 0 Å². The lowest BCUT2D eigenvalue weighted by Gasteiger charge is -2.61. The highest BCUT2D eigenvalue weighted by Gasteiger charge is 2.59. The van der Waals surface area contributed by atoms with Gasteiger partial charge in [0, 0.05) is 6.42 Å². The summed E-state index contributed by atoms with van der Waals surface area (Å²) >= 11 is 0. The highest BCUT2D eigenvalue weighted by atomic mass is 19.1.